The molecule has 208 valence electrons. The van der Waals surface area contributed by atoms with Crippen molar-refractivity contribution in [3.63, 3.8) is 0 Å². The van der Waals surface area contributed by atoms with Crippen molar-refractivity contribution in [3.8, 4) is 11.6 Å². The van der Waals surface area contributed by atoms with Gasteiger partial charge >= 0.3 is 6.03 Å². The summed E-state index contributed by atoms with van der Waals surface area (Å²) in [6.07, 6.45) is 6.07. The van der Waals surface area contributed by atoms with Gasteiger partial charge in [0.15, 0.2) is 0 Å². The van der Waals surface area contributed by atoms with Gasteiger partial charge in [0.1, 0.15) is 5.75 Å². The van der Waals surface area contributed by atoms with Gasteiger partial charge in [0.05, 0.1) is 16.3 Å². The molecule has 11 nitrogen and oxygen atoms in total. The second kappa shape index (κ2) is 10.9. The zero-order valence-electron chi connectivity index (χ0n) is 22.1. The third kappa shape index (κ3) is 4.92. The highest BCUT2D eigenvalue weighted by atomic mass is 32.2. The van der Waals surface area contributed by atoms with E-state index in [-0.39, 0.29) is 47.3 Å². The molecule has 1 aromatic heterocycles. The molecule has 0 spiro atoms. The Morgan fingerprint density at radius 3 is 2.77 bits per heavy atom. The molecule has 40 heavy (non-hydrogen) atoms. The summed E-state index contributed by atoms with van der Waals surface area (Å²) >= 11 is 1.47. The largest absolute Gasteiger partial charge is 0.438 e. The number of nitrogens with one attached hydrogen (secondary N) is 4. The minimum Gasteiger partial charge on any atom is -0.438 e. The van der Waals surface area contributed by atoms with Crippen LogP contribution in [0.3, 0.4) is 0 Å². The highest BCUT2D eigenvalue weighted by Gasteiger charge is 2.52. The molecule has 12 heteroatoms. The molecule has 6 rings (SSSR count). The summed E-state index contributed by atoms with van der Waals surface area (Å²) < 4.78 is 5.82. The Bertz CT molecular complexity index is 1380. The summed E-state index contributed by atoms with van der Waals surface area (Å²) in [6.45, 7) is 6.19. The number of rotatable bonds is 7. The number of carbonyl (C=O) groups excluding carboxylic acids is 3. The summed E-state index contributed by atoms with van der Waals surface area (Å²) in [7, 11) is 0. The maximum Gasteiger partial charge on any atom is 0.326 e. The molecule has 4 N–H and O–H groups in total. The van der Waals surface area contributed by atoms with E-state index in [1.807, 2.05) is 30.0 Å². The first-order valence-electron chi connectivity index (χ1n) is 13.5. The Balaban J connectivity index is 1.22. The van der Waals surface area contributed by atoms with Gasteiger partial charge in [-0.1, -0.05) is 18.3 Å². The van der Waals surface area contributed by atoms with Crippen molar-refractivity contribution < 1.29 is 19.1 Å². The normalized spacial score (nSPS) is 27.1. The molecule has 2 saturated heterocycles. The molecule has 4 aliphatic rings. The number of nitrogens with zero attached hydrogens (tertiary/aromatic N) is 3. The van der Waals surface area contributed by atoms with Crippen LogP contribution in [0.5, 0.6) is 11.6 Å². The number of aryl methyl sites for hydroxylation is 1. The highest BCUT2D eigenvalue weighted by molar-refractivity contribution is 8.04. The topological polar surface area (TPSA) is 138 Å². The Kier molecular flexibility index (Phi) is 7.20. The van der Waals surface area contributed by atoms with Crippen molar-refractivity contribution in [1.82, 2.24) is 31.5 Å². The van der Waals surface area contributed by atoms with E-state index < -0.39 is 0 Å². The lowest BCUT2D eigenvalue weighted by atomic mass is 9.86. The number of amides is 4. The average Bonchev–Trinajstić information content (AvgIpc) is 3.55. The minimum absolute atomic E-state index is 0.0305. The molecule has 0 radical (unpaired) electrons. The lowest BCUT2D eigenvalue weighted by Gasteiger charge is -2.46. The third-order valence-electron chi connectivity index (χ3n) is 7.89. The first-order chi connectivity index (χ1) is 19.4. The van der Waals surface area contributed by atoms with Crippen molar-refractivity contribution in [3.05, 3.63) is 65.3 Å². The summed E-state index contributed by atoms with van der Waals surface area (Å²) in [4.78, 5) is 41.3. The van der Waals surface area contributed by atoms with E-state index in [2.05, 4.69) is 38.0 Å². The average molecular weight is 562 g/mol. The lowest BCUT2D eigenvalue weighted by molar-refractivity contribution is -0.119. The van der Waals surface area contributed by atoms with Gasteiger partial charge in [-0.3, -0.25) is 14.5 Å². The fourth-order valence-corrected chi connectivity index (χ4v) is 7.51. The molecule has 1 aliphatic carbocycles. The van der Waals surface area contributed by atoms with Gasteiger partial charge in [-0.05, 0) is 75.1 Å². The van der Waals surface area contributed by atoms with E-state index >= 15 is 0 Å². The van der Waals surface area contributed by atoms with Crippen LogP contribution in [0.25, 0.3) is 0 Å². The Morgan fingerprint density at radius 1 is 1.20 bits per heavy atom. The number of hydrogen-bond acceptors (Lipinski definition) is 8. The zero-order chi connectivity index (χ0) is 27.8. The molecular formula is C28H31N7O4S. The molecule has 0 bridgehead atoms. The van der Waals surface area contributed by atoms with Crippen LogP contribution >= 0.6 is 11.8 Å². The van der Waals surface area contributed by atoms with Crippen molar-refractivity contribution in [2.75, 3.05) is 11.4 Å². The zero-order valence-corrected chi connectivity index (χ0v) is 22.9. The van der Waals surface area contributed by atoms with Crippen LogP contribution in [0.15, 0.2) is 59.8 Å². The van der Waals surface area contributed by atoms with Crippen molar-refractivity contribution in [2.24, 2.45) is 5.92 Å². The van der Waals surface area contributed by atoms with Crippen molar-refractivity contribution >= 4 is 35.3 Å². The van der Waals surface area contributed by atoms with Crippen LogP contribution in [-0.4, -0.2) is 58.1 Å². The van der Waals surface area contributed by atoms with E-state index in [1.165, 1.54) is 17.8 Å². The smallest absolute Gasteiger partial charge is 0.326 e. The highest BCUT2D eigenvalue weighted by Crippen LogP contribution is 2.48. The third-order valence-corrected chi connectivity index (χ3v) is 9.25. The number of ether oxygens (including phenoxy) is 1. The predicted octanol–water partition coefficient (Wildman–Crippen LogP) is 2.71. The monoisotopic (exact) mass is 561 g/mol. The minimum atomic E-state index is -0.257. The molecule has 3 aliphatic heterocycles. The van der Waals surface area contributed by atoms with Crippen LogP contribution < -0.4 is 30.9 Å². The summed E-state index contributed by atoms with van der Waals surface area (Å²) in [5, 5.41) is 20.4. The first kappa shape index (κ1) is 26.3. The van der Waals surface area contributed by atoms with E-state index in [9.17, 15) is 14.4 Å². The molecule has 3 unspecified atom stereocenters. The number of aromatic nitrogens is 2. The van der Waals surface area contributed by atoms with Crippen LogP contribution in [0, 0.1) is 12.8 Å². The number of piperidine rings is 1. The lowest BCUT2D eigenvalue weighted by Crippen LogP contribution is -2.62. The number of hydrogen-bond donors (Lipinski definition) is 4. The van der Waals surface area contributed by atoms with E-state index in [0.29, 0.717) is 22.2 Å². The van der Waals surface area contributed by atoms with Gasteiger partial charge in [0, 0.05) is 41.6 Å². The van der Waals surface area contributed by atoms with Crippen molar-refractivity contribution in [2.45, 2.75) is 56.1 Å². The van der Waals surface area contributed by atoms with Gasteiger partial charge in [-0.15, -0.1) is 5.10 Å². The predicted molar refractivity (Wildman–Crippen MR) is 151 cm³/mol. The van der Waals surface area contributed by atoms with Crippen LogP contribution in [0.2, 0.25) is 0 Å². The SMILES string of the molecule is C=CC(=O)N[C@H]1CCC[C@H]1NC(=O)C1=C2NC(=O)N(c3ccc(Oc4cccnn4)cc3C)C3CCNC(S1)C23. The van der Waals surface area contributed by atoms with Gasteiger partial charge in [0.25, 0.3) is 5.91 Å². The van der Waals surface area contributed by atoms with Gasteiger partial charge in [-0.2, -0.15) is 5.10 Å². The van der Waals surface area contributed by atoms with E-state index in [0.717, 1.165) is 43.5 Å². The maximum atomic E-state index is 13.6. The van der Waals surface area contributed by atoms with Crippen LogP contribution in [-0.2, 0) is 9.59 Å². The van der Waals surface area contributed by atoms with Gasteiger partial charge in [0.2, 0.25) is 11.8 Å². The van der Waals surface area contributed by atoms with E-state index in [4.69, 9.17) is 4.74 Å². The van der Waals surface area contributed by atoms with Gasteiger partial charge in [-0.25, -0.2) is 4.79 Å². The van der Waals surface area contributed by atoms with E-state index in [1.54, 1.807) is 18.3 Å². The number of thioether (sulfide) groups is 1. The number of carbonyl (C=O) groups is 3. The molecular weight excluding hydrogens is 530 g/mol. The molecule has 4 heterocycles. The quantitative estimate of drug-likeness (QED) is 0.379. The summed E-state index contributed by atoms with van der Waals surface area (Å²) in [5.41, 5.74) is 2.36. The first-order valence-corrected chi connectivity index (χ1v) is 14.4. The van der Waals surface area contributed by atoms with Gasteiger partial charge < -0.3 is 26.0 Å². The number of anilines is 1. The maximum absolute atomic E-state index is 13.6. The summed E-state index contributed by atoms with van der Waals surface area (Å²) in [5.74, 6) is 0.474. The summed E-state index contributed by atoms with van der Waals surface area (Å²) in [6, 6.07) is 8.40. The number of benzene rings is 1. The molecule has 1 saturated carbocycles. The number of urea groups is 1. The second-order valence-electron chi connectivity index (χ2n) is 10.4. The van der Waals surface area contributed by atoms with Crippen LogP contribution in [0.4, 0.5) is 10.5 Å². The fourth-order valence-electron chi connectivity index (χ4n) is 6.11. The molecule has 5 atom stereocenters. The fraction of sp³-hybridized carbons (Fsp3) is 0.393. The molecule has 4 amide bonds. The van der Waals surface area contributed by atoms with Crippen LogP contribution in [0.1, 0.15) is 31.2 Å². The Hall–Kier alpha value is -3.90. The van der Waals surface area contributed by atoms with Crippen molar-refractivity contribution in [1.29, 1.82) is 0 Å². The molecule has 2 aromatic rings. The molecule has 3 fully saturated rings. The Labute approximate surface area is 236 Å². The second-order valence-corrected chi connectivity index (χ2v) is 11.5. The molecule has 1 aromatic carbocycles. The Morgan fingerprint density at radius 2 is 2.02 bits per heavy atom. The standard InChI is InChI=1S/C28H31N7O4S/c1-3-21(36)31-17-6-4-7-18(17)32-26(37)25-24-23-20(11-13-29-27(23)40-25)35(28(38)33-24)19-10-9-16(14-15(19)2)39-22-8-5-12-30-34-22/h3,5,8-10,12,14,17-18,20,23,27,29H,1,4,6-7,11,13H2,2H3,(H,31,36)(H,32,37)(H,33,38)/t17-,18+,20?,23?,27?/m0/s1.